The summed E-state index contributed by atoms with van der Waals surface area (Å²) in [4.78, 5) is 2.47. The first-order valence-corrected chi connectivity index (χ1v) is 6.34. The molecule has 1 heterocycles. The molecule has 0 amide bonds. The molecule has 2 aromatic carbocycles. The molecule has 1 saturated heterocycles. The summed E-state index contributed by atoms with van der Waals surface area (Å²) in [5, 5.41) is 2.66. The number of nitrogens with two attached hydrogens (primary N) is 1. The SMILES string of the molecule is Cl.NCC1CCCN1c1cccc2ccccc12. The van der Waals surface area contributed by atoms with Gasteiger partial charge in [-0.1, -0.05) is 36.4 Å². The number of hydrogen-bond donors (Lipinski definition) is 1. The van der Waals surface area contributed by atoms with Gasteiger partial charge >= 0.3 is 0 Å². The van der Waals surface area contributed by atoms with Gasteiger partial charge in [-0.15, -0.1) is 12.4 Å². The van der Waals surface area contributed by atoms with Crippen LogP contribution in [-0.2, 0) is 0 Å². The van der Waals surface area contributed by atoms with E-state index >= 15 is 0 Å². The molecule has 1 aliphatic heterocycles. The van der Waals surface area contributed by atoms with Crippen molar-refractivity contribution < 1.29 is 0 Å². The van der Waals surface area contributed by atoms with Crippen molar-refractivity contribution >= 4 is 28.9 Å². The van der Waals surface area contributed by atoms with Gasteiger partial charge in [-0.3, -0.25) is 0 Å². The molecular weight excluding hydrogens is 244 g/mol. The van der Waals surface area contributed by atoms with E-state index < -0.39 is 0 Å². The lowest BCUT2D eigenvalue weighted by Crippen LogP contribution is -2.35. The van der Waals surface area contributed by atoms with Crippen molar-refractivity contribution in [2.24, 2.45) is 5.73 Å². The Hall–Kier alpha value is -1.25. The minimum atomic E-state index is 0. The second kappa shape index (κ2) is 5.59. The van der Waals surface area contributed by atoms with E-state index in [0.29, 0.717) is 6.04 Å². The summed E-state index contributed by atoms with van der Waals surface area (Å²) < 4.78 is 0. The number of hydrogen-bond acceptors (Lipinski definition) is 2. The van der Waals surface area contributed by atoms with Gasteiger partial charge in [-0.2, -0.15) is 0 Å². The molecule has 0 saturated carbocycles. The van der Waals surface area contributed by atoms with Crippen LogP contribution in [0.5, 0.6) is 0 Å². The maximum atomic E-state index is 5.86. The first-order valence-electron chi connectivity index (χ1n) is 6.34. The molecule has 2 aromatic rings. The van der Waals surface area contributed by atoms with E-state index in [1.807, 2.05) is 0 Å². The fraction of sp³-hybridized carbons (Fsp3) is 0.333. The summed E-state index contributed by atoms with van der Waals surface area (Å²) in [5.41, 5.74) is 7.21. The number of rotatable bonds is 2. The largest absolute Gasteiger partial charge is 0.367 e. The summed E-state index contributed by atoms with van der Waals surface area (Å²) in [6.07, 6.45) is 2.48. The van der Waals surface area contributed by atoms with E-state index in [9.17, 15) is 0 Å². The average Bonchev–Trinajstić information content (AvgIpc) is 2.86. The molecule has 96 valence electrons. The van der Waals surface area contributed by atoms with Crippen molar-refractivity contribution in [2.45, 2.75) is 18.9 Å². The molecule has 3 rings (SSSR count). The lowest BCUT2D eigenvalue weighted by Gasteiger charge is -2.27. The zero-order valence-corrected chi connectivity index (χ0v) is 11.2. The Morgan fingerprint density at radius 1 is 1.11 bits per heavy atom. The molecule has 0 radical (unpaired) electrons. The van der Waals surface area contributed by atoms with Gasteiger partial charge in [-0.05, 0) is 24.3 Å². The first-order chi connectivity index (χ1) is 8.40. The van der Waals surface area contributed by atoms with E-state index in [-0.39, 0.29) is 12.4 Å². The van der Waals surface area contributed by atoms with E-state index in [2.05, 4.69) is 47.4 Å². The molecule has 2 nitrogen and oxygen atoms in total. The van der Waals surface area contributed by atoms with Crippen molar-refractivity contribution in [3.05, 3.63) is 42.5 Å². The Kier molecular flexibility index (Phi) is 4.10. The van der Waals surface area contributed by atoms with Crippen LogP contribution in [0.1, 0.15) is 12.8 Å². The highest BCUT2D eigenvalue weighted by Gasteiger charge is 2.24. The topological polar surface area (TPSA) is 29.3 Å². The van der Waals surface area contributed by atoms with E-state index in [4.69, 9.17) is 5.73 Å². The third-order valence-electron chi connectivity index (χ3n) is 3.73. The van der Waals surface area contributed by atoms with Crippen molar-refractivity contribution in [3.63, 3.8) is 0 Å². The molecule has 0 aromatic heterocycles. The van der Waals surface area contributed by atoms with E-state index in [0.717, 1.165) is 13.1 Å². The van der Waals surface area contributed by atoms with E-state index in [1.54, 1.807) is 0 Å². The highest BCUT2D eigenvalue weighted by molar-refractivity contribution is 5.94. The Bertz CT molecular complexity index is 521. The number of benzene rings is 2. The molecule has 1 atom stereocenters. The molecule has 3 heteroatoms. The van der Waals surface area contributed by atoms with Gasteiger partial charge in [-0.25, -0.2) is 0 Å². The van der Waals surface area contributed by atoms with Crippen molar-refractivity contribution in [2.75, 3.05) is 18.0 Å². The molecular formula is C15H19ClN2. The zero-order chi connectivity index (χ0) is 11.7. The van der Waals surface area contributed by atoms with Crippen LogP contribution >= 0.6 is 12.4 Å². The van der Waals surface area contributed by atoms with Crippen LogP contribution in [-0.4, -0.2) is 19.1 Å². The average molecular weight is 263 g/mol. The second-order valence-corrected chi connectivity index (χ2v) is 4.72. The zero-order valence-electron chi connectivity index (χ0n) is 10.4. The predicted molar refractivity (Wildman–Crippen MR) is 80.6 cm³/mol. The monoisotopic (exact) mass is 262 g/mol. The van der Waals surface area contributed by atoms with Crippen LogP contribution in [0.2, 0.25) is 0 Å². The highest BCUT2D eigenvalue weighted by atomic mass is 35.5. The quantitative estimate of drug-likeness (QED) is 0.901. The third-order valence-corrected chi connectivity index (χ3v) is 3.73. The highest BCUT2D eigenvalue weighted by Crippen LogP contribution is 2.31. The molecule has 2 N–H and O–H groups in total. The van der Waals surface area contributed by atoms with Crippen LogP contribution in [0, 0.1) is 0 Å². The predicted octanol–water partition coefficient (Wildman–Crippen LogP) is 3.19. The number of nitrogens with zero attached hydrogens (tertiary/aromatic N) is 1. The molecule has 0 bridgehead atoms. The van der Waals surface area contributed by atoms with Crippen LogP contribution in [0.4, 0.5) is 5.69 Å². The van der Waals surface area contributed by atoms with Gasteiger partial charge in [0.15, 0.2) is 0 Å². The normalized spacial score (nSPS) is 18.9. The standard InChI is InChI=1S/C15H18N2.ClH/c16-11-13-7-4-10-17(13)15-9-3-6-12-5-1-2-8-14(12)15;/h1-3,5-6,8-9,13H,4,7,10-11,16H2;1H. The Labute approximate surface area is 114 Å². The Balaban J connectivity index is 0.00000120. The van der Waals surface area contributed by atoms with Crippen LogP contribution in [0.15, 0.2) is 42.5 Å². The Morgan fingerprint density at radius 3 is 2.72 bits per heavy atom. The summed E-state index contributed by atoms with van der Waals surface area (Å²) in [5.74, 6) is 0. The lowest BCUT2D eigenvalue weighted by atomic mass is 10.1. The summed E-state index contributed by atoms with van der Waals surface area (Å²) >= 11 is 0. The maximum Gasteiger partial charge on any atom is 0.0448 e. The van der Waals surface area contributed by atoms with Gasteiger partial charge in [0, 0.05) is 30.2 Å². The fourth-order valence-electron chi connectivity index (χ4n) is 2.86. The van der Waals surface area contributed by atoms with Crippen molar-refractivity contribution in [3.8, 4) is 0 Å². The molecule has 18 heavy (non-hydrogen) atoms. The minimum Gasteiger partial charge on any atom is -0.367 e. The van der Waals surface area contributed by atoms with E-state index in [1.165, 1.54) is 29.3 Å². The lowest BCUT2D eigenvalue weighted by molar-refractivity contribution is 0.678. The van der Waals surface area contributed by atoms with Crippen LogP contribution < -0.4 is 10.6 Å². The number of halogens is 1. The maximum absolute atomic E-state index is 5.86. The molecule has 0 spiro atoms. The van der Waals surface area contributed by atoms with Gasteiger partial charge in [0.25, 0.3) is 0 Å². The van der Waals surface area contributed by atoms with Crippen LogP contribution in [0.25, 0.3) is 10.8 Å². The number of anilines is 1. The first kappa shape index (κ1) is 13.2. The van der Waals surface area contributed by atoms with Gasteiger partial charge in [0.2, 0.25) is 0 Å². The van der Waals surface area contributed by atoms with Crippen molar-refractivity contribution in [1.29, 1.82) is 0 Å². The number of fused-ring (bicyclic) bond motifs is 1. The van der Waals surface area contributed by atoms with Crippen molar-refractivity contribution in [1.82, 2.24) is 0 Å². The van der Waals surface area contributed by atoms with Crippen LogP contribution in [0.3, 0.4) is 0 Å². The summed E-state index contributed by atoms with van der Waals surface area (Å²) in [6, 6.07) is 15.6. The fourth-order valence-corrected chi connectivity index (χ4v) is 2.86. The summed E-state index contributed by atoms with van der Waals surface area (Å²) in [6.45, 7) is 1.89. The second-order valence-electron chi connectivity index (χ2n) is 4.72. The smallest absolute Gasteiger partial charge is 0.0448 e. The third kappa shape index (κ3) is 2.18. The molecule has 1 aliphatic rings. The minimum absolute atomic E-state index is 0. The molecule has 0 aliphatic carbocycles. The Morgan fingerprint density at radius 2 is 1.89 bits per heavy atom. The van der Waals surface area contributed by atoms with Gasteiger partial charge in [0.1, 0.15) is 0 Å². The van der Waals surface area contributed by atoms with Gasteiger partial charge in [0.05, 0.1) is 0 Å². The molecule has 1 unspecified atom stereocenters. The summed E-state index contributed by atoms with van der Waals surface area (Å²) in [7, 11) is 0. The molecule has 1 fully saturated rings. The van der Waals surface area contributed by atoms with Gasteiger partial charge < -0.3 is 10.6 Å².